The molecule has 2 nitrogen and oxygen atoms in total. The standard InChI is InChI=1S/C17H34O2Si/c1-8-10-12-16(14-13-15(18)11-9-2)19-20(6,7)17(3,4)5/h9,13-16,18H,2,8,10-12H2,1,3-7H3/b14-13-/t15-,16+/m1/s1. The van der Waals surface area contributed by atoms with Crippen LogP contribution in [0.4, 0.5) is 0 Å². The van der Waals surface area contributed by atoms with E-state index < -0.39 is 14.4 Å². The summed E-state index contributed by atoms with van der Waals surface area (Å²) in [4.78, 5) is 0. The van der Waals surface area contributed by atoms with Crippen molar-refractivity contribution in [2.75, 3.05) is 0 Å². The third-order valence-electron chi connectivity index (χ3n) is 4.05. The van der Waals surface area contributed by atoms with Crippen LogP contribution >= 0.6 is 0 Å². The molecule has 0 bridgehead atoms. The van der Waals surface area contributed by atoms with Crippen molar-refractivity contribution in [3.05, 3.63) is 24.8 Å². The van der Waals surface area contributed by atoms with Gasteiger partial charge in [0.15, 0.2) is 8.32 Å². The van der Waals surface area contributed by atoms with Gasteiger partial charge in [-0.05, 0) is 31.0 Å². The fourth-order valence-corrected chi connectivity index (χ4v) is 2.96. The van der Waals surface area contributed by atoms with Gasteiger partial charge in [0.1, 0.15) is 0 Å². The second-order valence-corrected chi connectivity index (χ2v) is 11.8. The van der Waals surface area contributed by atoms with Crippen molar-refractivity contribution in [3.8, 4) is 0 Å². The second kappa shape index (κ2) is 8.80. The van der Waals surface area contributed by atoms with E-state index in [4.69, 9.17) is 4.43 Å². The maximum Gasteiger partial charge on any atom is 0.192 e. The van der Waals surface area contributed by atoms with Crippen LogP contribution in [0.15, 0.2) is 24.8 Å². The highest BCUT2D eigenvalue weighted by Crippen LogP contribution is 2.37. The number of aliphatic hydroxyl groups excluding tert-OH is 1. The van der Waals surface area contributed by atoms with Crippen LogP contribution in [0.5, 0.6) is 0 Å². The minimum Gasteiger partial charge on any atom is -0.411 e. The predicted octanol–water partition coefficient (Wildman–Crippen LogP) is 5.06. The molecule has 0 fully saturated rings. The molecule has 0 aromatic heterocycles. The van der Waals surface area contributed by atoms with Crippen LogP contribution in [-0.4, -0.2) is 25.6 Å². The summed E-state index contributed by atoms with van der Waals surface area (Å²) in [5, 5.41) is 9.99. The highest BCUT2D eigenvalue weighted by molar-refractivity contribution is 6.74. The fourth-order valence-electron chi connectivity index (χ4n) is 1.66. The molecular formula is C17H34O2Si. The minimum atomic E-state index is -1.76. The predicted molar refractivity (Wildman–Crippen MR) is 91.6 cm³/mol. The van der Waals surface area contributed by atoms with Crippen molar-refractivity contribution in [1.82, 2.24) is 0 Å². The summed E-state index contributed by atoms with van der Waals surface area (Å²) in [5.41, 5.74) is 0. The van der Waals surface area contributed by atoms with Crippen LogP contribution in [0.3, 0.4) is 0 Å². The first-order valence-corrected chi connectivity index (χ1v) is 10.7. The van der Waals surface area contributed by atoms with Gasteiger partial charge in [0, 0.05) is 0 Å². The Morgan fingerprint density at radius 3 is 2.30 bits per heavy atom. The topological polar surface area (TPSA) is 29.5 Å². The third kappa shape index (κ3) is 7.41. The summed E-state index contributed by atoms with van der Waals surface area (Å²) in [6, 6.07) is 0. The maximum absolute atomic E-state index is 9.78. The van der Waals surface area contributed by atoms with Crippen LogP contribution in [-0.2, 0) is 4.43 Å². The van der Waals surface area contributed by atoms with Gasteiger partial charge in [-0.15, -0.1) is 6.58 Å². The van der Waals surface area contributed by atoms with E-state index in [2.05, 4.69) is 47.4 Å². The molecule has 0 aliphatic rings. The molecule has 118 valence electrons. The number of aliphatic hydroxyl groups is 1. The fraction of sp³-hybridized carbons (Fsp3) is 0.765. The van der Waals surface area contributed by atoms with Gasteiger partial charge in [-0.2, -0.15) is 0 Å². The van der Waals surface area contributed by atoms with E-state index in [0.29, 0.717) is 6.42 Å². The van der Waals surface area contributed by atoms with Gasteiger partial charge >= 0.3 is 0 Å². The quantitative estimate of drug-likeness (QED) is 0.476. The average Bonchev–Trinajstić information content (AvgIpc) is 2.31. The van der Waals surface area contributed by atoms with Gasteiger partial charge in [0.2, 0.25) is 0 Å². The lowest BCUT2D eigenvalue weighted by Crippen LogP contribution is -2.43. The summed E-state index contributed by atoms with van der Waals surface area (Å²) in [6.45, 7) is 17.2. The van der Waals surface area contributed by atoms with Gasteiger partial charge < -0.3 is 9.53 Å². The smallest absolute Gasteiger partial charge is 0.192 e. The molecule has 0 rings (SSSR count). The van der Waals surface area contributed by atoms with Crippen molar-refractivity contribution in [3.63, 3.8) is 0 Å². The Balaban J connectivity index is 4.76. The normalized spacial score (nSPS) is 16.4. The molecular weight excluding hydrogens is 264 g/mol. The Kier molecular flexibility index (Phi) is 8.64. The van der Waals surface area contributed by atoms with E-state index in [1.807, 2.05) is 12.2 Å². The number of rotatable bonds is 9. The molecule has 0 unspecified atom stereocenters. The van der Waals surface area contributed by atoms with E-state index in [1.54, 1.807) is 6.08 Å². The molecule has 2 atom stereocenters. The van der Waals surface area contributed by atoms with Gasteiger partial charge in [0.25, 0.3) is 0 Å². The van der Waals surface area contributed by atoms with E-state index >= 15 is 0 Å². The zero-order valence-corrected chi connectivity index (χ0v) is 15.3. The number of hydrogen-bond acceptors (Lipinski definition) is 2. The summed E-state index contributed by atoms with van der Waals surface area (Å²) in [7, 11) is -1.76. The van der Waals surface area contributed by atoms with Gasteiger partial charge in [-0.1, -0.05) is 58.8 Å². The highest BCUT2D eigenvalue weighted by atomic mass is 28.4. The Hall–Kier alpha value is -0.383. The Labute approximate surface area is 127 Å². The lowest BCUT2D eigenvalue weighted by atomic mass is 10.1. The SMILES string of the molecule is C=CC[C@@H](O)/C=C\[C@H](CCCC)O[Si](C)(C)C(C)(C)C. The molecule has 0 saturated carbocycles. The molecule has 0 aliphatic carbocycles. The number of hydrogen-bond donors (Lipinski definition) is 1. The summed E-state index contributed by atoms with van der Waals surface area (Å²) in [6.07, 6.45) is 9.26. The van der Waals surface area contributed by atoms with Gasteiger partial charge in [-0.3, -0.25) is 0 Å². The van der Waals surface area contributed by atoms with Crippen molar-refractivity contribution in [1.29, 1.82) is 0 Å². The van der Waals surface area contributed by atoms with Crippen molar-refractivity contribution in [2.24, 2.45) is 0 Å². The summed E-state index contributed by atoms with van der Waals surface area (Å²) in [5.74, 6) is 0. The van der Waals surface area contributed by atoms with Crippen LogP contribution in [0.2, 0.25) is 18.1 Å². The van der Waals surface area contributed by atoms with Crippen LogP contribution in [0.25, 0.3) is 0 Å². The third-order valence-corrected chi connectivity index (χ3v) is 8.55. The first kappa shape index (κ1) is 19.6. The zero-order valence-electron chi connectivity index (χ0n) is 14.3. The Morgan fingerprint density at radius 1 is 1.25 bits per heavy atom. The lowest BCUT2D eigenvalue weighted by Gasteiger charge is -2.38. The molecule has 0 amide bonds. The molecule has 3 heteroatoms. The Bertz CT molecular complexity index is 303. The Morgan fingerprint density at radius 2 is 1.85 bits per heavy atom. The van der Waals surface area contributed by atoms with E-state index in [-0.39, 0.29) is 11.1 Å². The van der Waals surface area contributed by atoms with Crippen molar-refractivity contribution in [2.45, 2.75) is 83.7 Å². The lowest BCUT2D eigenvalue weighted by molar-refractivity contribution is 0.202. The zero-order chi connectivity index (χ0) is 15.8. The molecule has 1 N–H and O–H groups in total. The number of unbranched alkanes of at least 4 members (excludes halogenated alkanes) is 1. The molecule has 20 heavy (non-hydrogen) atoms. The van der Waals surface area contributed by atoms with Crippen molar-refractivity contribution >= 4 is 8.32 Å². The molecule has 0 saturated heterocycles. The molecule has 0 aliphatic heterocycles. The first-order valence-electron chi connectivity index (χ1n) is 7.79. The molecule has 0 aromatic rings. The molecule has 0 heterocycles. The minimum absolute atomic E-state index is 0.121. The van der Waals surface area contributed by atoms with Gasteiger partial charge in [0.05, 0.1) is 12.2 Å². The maximum atomic E-state index is 9.78. The van der Waals surface area contributed by atoms with Gasteiger partial charge in [-0.25, -0.2) is 0 Å². The van der Waals surface area contributed by atoms with E-state index in [1.165, 1.54) is 6.42 Å². The molecule has 0 radical (unpaired) electrons. The summed E-state index contributed by atoms with van der Waals surface area (Å²) < 4.78 is 6.45. The monoisotopic (exact) mass is 298 g/mol. The van der Waals surface area contributed by atoms with Crippen LogP contribution in [0, 0.1) is 0 Å². The first-order chi connectivity index (χ1) is 9.14. The van der Waals surface area contributed by atoms with Crippen molar-refractivity contribution < 1.29 is 9.53 Å². The summed E-state index contributed by atoms with van der Waals surface area (Å²) >= 11 is 0. The van der Waals surface area contributed by atoms with E-state index in [9.17, 15) is 5.11 Å². The second-order valence-electron chi connectivity index (χ2n) is 7.04. The largest absolute Gasteiger partial charge is 0.411 e. The van der Waals surface area contributed by atoms with E-state index in [0.717, 1.165) is 12.8 Å². The highest BCUT2D eigenvalue weighted by Gasteiger charge is 2.38. The molecule has 0 spiro atoms. The van der Waals surface area contributed by atoms with Crippen LogP contribution in [0.1, 0.15) is 53.4 Å². The average molecular weight is 299 g/mol. The molecule has 0 aromatic carbocycles. The van der Waals surface area contributed by atoms with Crippen LogP contribution < -0.4 is 0 Å².